The van der Waals surface area contributed by atoms with Crippen LogP contribution in [0.1, 0.15) is 63.4 Å². The van der Waals surface area contributed by atoms with Crippen LogP contribution in [0.3, 0.4) is 0 Å². The molecule has 0 saturated carbocycles. The zero-order valence-electron chi connectivity index (χ0n) is 14.8. The van der Waals surface area contributed by atoms with Gasteiger partial charge in [-0.2, -0.15) is 5.10 Å². The first-order valence-corrected chi connectivity index (χ1v) is 9.42. The fourth-order valence-electron chi connectivity index (χ4n) is 3.90. The summed E-state index contributed by atoms with van der Waals surface area (Å²) in [5.41, 5.74) is 2.82. The van der Waals surface area contributed by atoms with Gasteiger partial charge in [0.05, 0.1) is 12.2 Å². The summed E-state index contributed by atoms with van der Waals surface area (Å²) in [6, 6.07) is -0.0318. The molecule has 5 heteroatoms. The van der Waals surface area contributed by atoms with Gasteiger partial charge in [0.1, 0.15) is 0 Å². The summed E-state index contributed by atoms with van der Waals surface area (Å²) < 4.78 is 0. The van der Waals surface area contributed by atoms with Crippen molar-refractivity contribution >= 4 is 5.91 Å². The van der Waals surface area contributed by atoms with Crippen molar-refractivity contribution < 1.29 is 4.79 Å². The highest BCUT2D eigenvalue weighted by Crippen LogP contribution is 2.28. The minimum absolute atomic E-state index is 0.0318. The van der Waals surface area contributed by atoms with E-state index in [2.05, 4.69) is 26.5 Å². The SMILES string of the molecule is C[C@H](C(=O)NCCC1=CCCCC1)N1CCC(c2cn[nH]c2)CC1. The van der Waals surface area contributed by atoms with Gasteiger partial charge in [0.25, 0.3) is 0 Å². The molecule has 132 valence electrons. The molecule has 1 atom stereocenters. The number of nitrogens with zero attached hydrogens (tertiary/aromatic N) is 2. The van der Waals surface area contributed by atoms with Crippen LogP contribution in [0.4, 0.5) is 0 Å². The van der Waals surface area contributed by atoms with Gasteiger partial charge in [-0.15, -0.1) is 0 Å². The minimum atomic E-state index is -0.0318. The fraction of sp³-hybridized carbons (Fsp3) is 0.684. The van der Waals surface area contributed by atoms with E-state index in [-0.39, 0.29) is 11.9 Å². The van der Waals surface area contributed by atoms with Crippen LogP contribution < -0.4 is 5.32 Å². The summed E-state index contributed by atoms with van der Waals surface area (Å²) in [6.07, 6.45) is 14.6. The quantitative estimate of drug-likeness (QED) is 0.788. The maximum absolute atomic E-state index is 12.4. The van der Waals surface area contributed by atoms with Gasteiger partial charge in [-0.3, -0.25) is 14.8 Å². The third-order valence-corrected chi connectivity index (χ3v) is 5.58. The van der Waals surface area contributed by atoms with Gasteiger partial charge < -0.3 is 5.32 Å². The molecule has 0 radical (unpaired) electrons. The first-order chi connectivity index (χ1) is 11.7. The molecule has 1 aromatic heterocycles. The topological polar surface area (TPSA) is 61.0 Å². The molecule has 0 aromatic carbocycles. The van der Waals surface area contributed by atoms with Crippen molar-refractivity contribution in [3.05, 3.63) is 29.6 Å². The molecule has 1 saturated heterocycles. The van der Waals surface area contributed by atoms with Gasteiger partial charge in [0.2, 0.25) is 5.91 Å². The van der Waals surface area contributed by atoms with E-state index in [0.717, 1.165) is 38.9 Å². The number of carbonyl (C=O) groups excluding carboxylic acids is 1. The number of piperidine rings is 1. The van der Waals surface area contributed by atoms with Crippen molar-refractivity contribution in [2.45, 2.75) is 63.8 Å². The van der Waals surface area contributed by atoms with Gasteiger partial charge >= 0.3 is 0 Å². The van der Waals surface area contributed by atoms with Gasteiger partial charge in [-0.05, 0) is 76.4 Å². The van der Waals surface area contributed by atoms with Crippen LogP contribution in [-0.4, -0.2) is 46.7 Å². The van der Waals surface area contributed by atoms with Crippen molar-refractivity contribution in [2.24, 2.45) is 0 Å². The van der Waals surface area contributed by atoms with E-state index in [1.54, 1.807) is 0 Å². The number of likely N-dealkylation sites (tertiary alicyclic amines) is 1. The summed E-state index contributed by atoms with van der Waals surface area (Å²) in [5.74, 6) is 0.752. The smallest absolute Gasteiger partial charge is 0.237 e. The average Bonchev–Trinajstić information content (AvgIpc) is 3.17. The number of hydrogen-bond donors (Lipinski definition) is 2. The lowest BCUT2D eigenvalue weighted by Gasteiger charge is -2.35. The number of rotatable bonds is 6. The van der Waals surface area contributed by atoms with E-state index < -0.39 is 0 Å². The Kier molecular flexibility index (Phi) is 6.07. The molecule has 1 aliphatic heterocycles. The molecule has 24 heavy (non-hydrogen) atoms. The molecule has 3 rings (SSSR count). The first kappa shape index (κ1) is 17.2. The Balaban J connectivity index is 1.38. The summed E-state index contributed by atoms with van der Waals surface area (Å²) in [5, 5.41) is 10.1. The van der Waals surface area contributed by atoms with Crippen molar-refractivity contribution in [2.75, 3.05) is 19.6 Å². The Hall–Kier alpha value is -1.62. The van der Waals surface area contributed by atoms with Crippen LogP contribution in [0.15, 0.2) is 24.0 Å². The molecule has 0 bridgehead atoms. The van der Waals surface area contributed by atoms with E-state index in [0.29, 0.717) is 5.92 Å². The maximum atomic E-state index is 12.4. The molecule has 2 heterocycles. The number of allylic oxidation sites excluding steroid dienone is 1. The highest BCUT2D eigenvalue weighted by Gasteiger charge is 2.27. The second-order valence-electron chi connectivity index (χ2n) is 7.17. The largest absolute Gasteiger partial charge is 0.354 e. The van der Waals surface area contributed by atoms with Gasteiger partial charge in [-0.1, -0.05) is 11.6 Å². The fourth-order valence-corrected chi connectivity index (χ4v) is 3.90. The second kappa shape index (κ2) is 8.47. The summed E-state index contributed by atoms with van der Waals surface area (Å²) in [4.78, 5) is 14.7. The van der Waals surface area contributed by atoms with E-state index >= 15 is 0 Å². The Bertz CT molecular complexity index is 544. The zero-order valence-corrected chi connectivity index (χ0v) is 14.8. The van der Waals surface area contributed by atoms with Gasteiger partial charge in [0.15, 0.2) is 0 Å². The Morgan fingerprint density at radius 2 is 2.25 bits per heavy atom. The van der Waals surface area contributed by atoms with Crippen LogP contribution in [0.5, 0.6) is 0 Å². The molecule has 2 aliphatic rings. The number of aromatic amines is 1. The number of H-pyrrole nitrogens is 1. The molecule has 1 aliphatic carbocycles. The van der Waals surface area contributed by atoms with Crippen LogP contribution >= 0.6 is 0 Å². The third kappa shape index (κ3) is 4.47. The molecule has 1 amide bonds. The molecule has 0 unspecified atom stereocenters. The zero-order chi connectivity index (χ0) is 16.8. The molecule has 2 N–H and O–H groups in total. The lowest BCUT2D eigenvalue weighted by molar-refractivity contribution is -0.126. The van der Waals surface area contributed by atoms with Crippen LogP contribution in [0, 0.1) is 0 Å². The van der Waals surface area contributed by atoms with Crippen molar-refractivity contribution in [1.82, 2.24) is 20.4 Å². The van der Waals surface area contributed by atoms with Crippen molar-refractivity contribution in [3.8, 4) is 0 Å². The number of aromatic nitrogens is 2. The third-order valence-electron chi connectivity index (χ3n) is 5.58. The predicted octanol–water partition coefficient (Wildman–Crippen LogP) is 2.98. The number of hydrogen-bond acceptors (Lipinski definition) is 3. The molecule has 0 spiro atoms. The van der Waals surface area contributed by atoms with E-state index in [1.807, 2.05) is 19.3 Å². The normalized spacial score (nSPS) is 21.3. The summed E-state index contributed by atoms with van der Waals surface area (Å²) >= 11 is 0. The van der Waals surface area contributed by atoms with E-state index in [4.69, 9.17) is 0 Å². The Morgan fingerprint density at radius 1 is 1.42 bits per heavy atom. The molecule has 5 nitrogen and oxygen atoms in total. The number of nitrogens with one attached hydrogen (secondary N) is 2. The molecule has 1 aromatic rings. The van der Waals surface area contributed by atoms with Crippen LogP contribution in [-0.2, 0) is 4.79 Å². The molecular formula is C19H30N4O. The Morgan fingerprint density at radius 3 is 2.92 bits per heavy atom. The second-order valence-corrected chi connectivity index (χ2v) is 7.17. The van der Waals surface area contributed by atoms with Crippen LogP contribution in [0.2, 0.25) is 0 Å². The average molecular weight is 330 g/mol. The summed E-state index contributed by atoms with van der Waals surface area (Å²) in [7, 11) is 0. The predicted molar refractivity (Wildman–Crippen MR) is 95.8 cm³/mol. The van der Waals surface area contributed by atoms with Crippen molar-refractivity contribution in [3.63, 3.8) is 0 Å². The summed E-state index contributed by atoms with van der Waals surface area (Å²) in [6.45, 7) is 4.78. The molecular weight excluding hydrogens is 300 g/mol. The van der Waals surface area contributed by atoms with Gasteiger partial charge in [0, 0.05) is 12.7 Å². The van der Waals surface area contributed by atoms with E-state index in [1.165, 1.54) is 36.8 Å². The highest BCUT2D eigenvalue weighted by molar-refractivity contribution is 5.81. The Labute approximate surface area is 144 Å². The number of amides is 1. The standard InChI is InChI=1S/C19H30N4O/c1-15(19(24)20-10-7-16-5-3-2-4-6-16)23-11-8-17(9-12-23)18-13-21-22-14-18/h5,13-15,17H,2-4,6-12H2,1H3,(H,20,24)(H,21,22)/t15-/m1/s1. The monoisotopic (exact) mass is 330 g/mol. The maximum Gasteiger partial charge on any atom is 0.237 e. The van der Waals surface area contributed by atoms with E-state index in [9.17, 15) is 4.79 Å². The lowest BCUT2D eigenvalue weighted by atomic mass is 9.91. The lowest BCUT2D eigenvalue weighted by Crippen LogP contribution is -2.48. The highest BCUT2D eigenvalue weighted by atomic mass is 16.2. The van der Waals surface area contributed by atoms with Crippen molar-refractivity contribution in [1.29, 1.82) is 0 Å². The minimum Gasteiger partial charge on any atom is -0.354 e. The number of carbonyl (C=O) groups is 1. The van der Waals surface area contributed by atoms with Gasteiger partial charge in [-0.25, -0.2) is 0 Å². The first-order valence-electron chi connectivity index (χ1n) is 9.42. The van der Waals surface area contributed by atoms with Crippen LogP contribution in [0.25, 0.3) is 0 Å². The molecule has 1 fully saturated rings.